The van der Waals surface area contributed by atoms with E-state index in [1.54, 1.807) is 22.2 Å². The summed E-state index contributed by atoms with van der Waals surface area (Å²) in [6.07, 6.45) is 9.36. The van der Waals surface area contributed by atoms with E-state index in [9.17, 15) is 4.79 Å². The number of nitrogens with one attached hydrogen (secondary N) is 2. The second-order valence-corrected chi connectivity index (χ2v) is 9.17. The first-order valence-electron chi connectivity index (χ1n) is 9.99. The van der Waals surface area contributed by atoms with Crippen molar-refractivity contribution in [3.05, 3.63) is 33.8 Å². The zero-order valence-corrected chi connectivity index (χ0v) is 16.9. The summed E-state index contributed by atoms with van der Waals surface area (Å²) in [5.74, 6) is 0.505. The maximum Gasteiger partial charge on any atom is 0.256 e. The van der Waals surface area contributed by atoms with Crippen molar-refractivity contribution in [1.29, 1.82) is 0 Å². The first-order chi connectivity index (χ1) is 13.0. The molecule has 0 radical (unpaired) electrons. The minimum absolute atomic E-state index is 0.0444. The third-order valence-electron chi connectivity index (χ3n) is 5.77. The highest BCUT2D eigenvalue weighted by Gasteiger charge is 2.41. The van der Waals surface area contributed by atoms with Crippen LogP contribution in [0.3, 0.4) is 0 Å². The summed E-state index contributed by atoms with van der Waals surface area (Å²) >= 11 is 1.76. The van der Waals surface area contributed by atoms with E-state index in [0.717, 1.165) is 35.5 Å². The second-order valence-electron chi connectivity index (χ2n) is 7.88. The number of aryl methyl sites for hydroxylation is 2. The lowest BCUT2D eigenvalue weighted by Crippen LogP contribution is -2.38. The van der Waals surface area contributed by atoms with Gasteiger partial charge < -0.3 is 16.4 Å². The van der Waals surface area contributed by atoms with Gasteiger partial charge in [-0.25, -0.2) is 0 Å². The number of anilines is 1. The fourth-order valence-corrected chi connectivity index (χ4v) is 5.20. The minimum Gasteiger partial charge on any atom is -0.328 e. The molecule has 2 aliphatic carbocycles. The molecule has 0 aliphatic heterocycles. The standard InChI is InChI=1S/C20H29N5OS/c1-3-25-11-15(10-22-25)24-20(26)16-9-19(27-12(16)2)17-8-18(17)23-14-6-4-13(21)5-7-14/h9-11,13-14,17-18,23H,3-8,21H2,1-2H3,(H,24,26). The maximum atomic E-state index is 12.6. The summed E-state index contributed by atoms with van der Waals surface area (Å²) < 4.78 is 1.81. The van der Waals surface area contributed by atoms with E-state index in [1.165, 1.54) is 24.1 Å². The van der Waals surface area contributed by atoms with Crippen molar-refractivity contribution in [3.8, 4) is 0 Å². The molecular weight excluding hydrogens is 358 g/mol. The number of hydrogen-bond donors (Lipinski definition) is 3. The van der Waals surface area contributed by atoms with Crippen LogP contribution in [0.2, 0.25) is 0 Å². The van der Waals surface area contributed by atoms with Crippen molar-refractivity contribution < 1.29 is 4.79 Å². The molecule has 0 bridgehead atoms. The van der Waals surface area contributed by atoms with E-state index < -0.39 is 0 Å². The van der Waals surface area contributed by atoms with Crippen LogP contribution in [0.25, 0.3) is 0 Å². The van der Waals surface area contributed by atoms with Gasteiger partial charge in [-0.2, -0.15) is 5.10 Å². The van der Waals surface area contributed by atoms with Crippen LogP contribution in [0.1, 0.15) is 65.1 Å². The van der Waals surface area contributed by atoms with E-state index >= 15 is 0 Å². The number of carbonyl (C=O) groups excluding carboxylic acids is 1. The molecule has 2 fully saturated rings. The summed E-state index contributed by atoms with van der Waals surface area (Å²) in [5.41, 5.74) is 7.54. The van der Waals surface area contributed by atoms with Crippen LogP contribution in [0.15, 0.2) is 18.5 Å². The summed E-state index contributed by atoms with van der Waals surface area (Å²) in [5, 5.41) is 11.0. The van der Waals surface area contributed by atoms with E-state index in [4.69, 9.17) is 5.73 Å². The molecular formula is C20H29N5OS. The zero-order valence-electron chi connectivity index (χ0n) is 16.1. The van der Waals surface area contributed by atoms with Crippen molar-refractivity contribution in [3.63, 3.8) is 0 Å². The van der Waals surface area contributed by atoms with Gasteiger partial charge in [0.15, 0.2) is 0 Å². The first-order valence-corrected chi connectivity index (χ1v) is 10.8. The lowest BCUT2D eigenvalue weighted by atomic mass is 9.92. The third kappa shape index (κ3) is 4.25. The van der Waals surface area contributed by atoms with Gasteiger partial charge in [-0.3, -0.25) is 9.48 Å². The Morgan fingerprint density at radius 2 is 2.15 bits per heavy atom. The van der Waals surface area contributed by atoms with E-state index in [1.807, 2.05) is 20.0 Å². The van der Waals surface area contributed by atoms with Gasteiger partial charge in [0.1, 0.15) is 0 Å². The van der Waals surface area contributed by atoms with Gasteiger partial charge in [-0.1, -0.05) is 0 Å². The smallest absolute Gasteiger partial charge is 0.256 e. The normalized spacial score (nSPS) is 27.5. The predicted octanol–water partition coefficient (Wildman–Crippen LogP) is 3.24. The topological polar surface area (TPSA) is 85.0 Å². The SMILES string of the molecule is CCn1cc(NC(=O)c2cc(C3CC3NC3CCC(N)CC3)sc2C)cn1. The molecule has 2 saturated carbocycles. The summed E-state index contributed by atoms with van der Waals surface area (Å²) in [6.45, 7) is 4.85. The molecule has 27 heavy (non-hydrogen) atoms. The third-order valence-corrected chi connectivity index (χ3v) is 6.96. The highest BCUT2D eigenvalue weighted by Crippen LogP contribution is 2.45. The van der Waals surface area contributed by atoms with Gasteiger partial charge in [0.25, 0.3) is 5.91 Å². The fraction of sp³-hybridized carbons (Fsp3) is 0.600. The molecule has 6 nitrogen and oxygen atoms in total. The fourth-order valence-electron chi connectivity index (χ4n) is 4.00. The quantitative estimate of drug-likeness (QED) is 0.710. The van der Waals surface area contributed by atoms with Crippen molar-refractivity contribution in [2.45, 2.75) is 76.5 Å². The number of nitrogens with zero attached hydrogens (tertiary/aromatic N) is 2. The molecule has 2 aromatic rings. The predicted molar refractivity (Wildman–Crippen MR) is 109 cm³/mol. The number of rotatable bonds is 6. The molecule has 0 saturated heterocycles. The van der Waals surface area contributed by atoms with Gasteiger partial charge in [0, 0.05) is 46.5 Å². The highest BCUT2D eigenvalue weighted by molar-refractivity contribution is 7.12. The molecule has 146 valence electrons. The summed E-state index contributed by atoms with van der Waals surface area (Å²) in [4.78, 5) is 15.1. The zero-order chi connectivity index (χ0) is 19.0. The Morgan fingerprint density at radius 3 is 2.85 bits per heavy atom. The Morgan fingerprint density at radius 1 is 1.37 bits per heavy atom. The molecule has 2 heterocycles. The molecule has 2 aromatic heterocycles. The number of thiophene rings is 1. The molecule has 0 aromatic carbocycles. The van der Waals surface area contributed by atoms with E-state index in [2.05, 4.69) is 21.8 Å². The number of carbonyl (C=O) groups is 1. The number of nitrogens with two attached hydrogens (primary N) is 1. The highest BCUT2D eigenvalue weighted by atomic mass is 32.1. The second kappa shape index (κ2) is 7.73. The maximum absolute atomic E-state index is 12.6. The molecule has 1 amide bonds. The lowest BCUT2D eigenvalue weighted by molar-refractivity contribution is 0.102. The van der Waals surface area contributed by atoms with Crippen LogP contribution < -0.4 is 16.4 Å². The molecule has 2 atom stereocenters. The van der Waals surface area contributed by atoms with Crippen LogP contribution >= 0.6 is 11.3 Å². The van der Waals surface area contributed by atoms with Crippen molar-refractivity contribution in [2.24, 2.45) is 5.73 Å². The summed E-state index contributed by atoms with van der Waals surface area (Å²) in [7, 11) is 0. The van der Waals surface area contributed by atoms with Gasteiger partial charge in [0.05, 0.1) is 17.4 Å². The lowest BCUT2D eigenvalue weighted by Gasteiger charge is -2.27. The van der Waals surface area contributed by atoms with Crippen molar-refractivity contribution in [1.82, 2.24) is 15.1 Å². The molecule has 2 aliphatic rings. The van der Waals surface area contributed by atoms with Crippen molar-refractivity contribution in [2.75, 3.05) is 5.32 Å². The van der Waals surface area contributed by atoms with Crippen LogP contribution in [0.4, 0.5) is 5.69 Å². The molecule has 4 rings (SSSR count). The van der Waals surface area contributed by atoms with Crippen LogP contribution in [0, 0.1) is 6.92 Å². The average molecular weight is 388 g/mol. The number of hydrogen-bond acceptors (Lipinski definition) is 5. The number of aromatic nitrogens is 2. The van der Waals surface area contributed by atoms with Gasteiger partial charge >= 0.3 is 0 Å². The van der Waals surface area contributed by atoms with Crippen LogP contribution in [-0.2, 0) is 6.54 Å². The van der Waals surface area contributed by atoms with E-state index in [0.29, 0.717) is 24.0 Å². The Kier molecular flexibility index (Phi) is 5.34. The first kappa shape index (κ1) is 18.7. The minimum atomic E-state index is -0.0444. The molecule has 4 N–H and O–H groups in total. The summed E-state index contributed by atoms with van der Waals surface area (Å²) in [6, 6.07) is 3.64. The van der Waals surface area contributed by atoms with Crippen LogP contribution in [-0.4, -0.2) is 33.8 Å². The van der Waals surface area contributed by atoms with Crippen LogP contribution in [0.5, 0.6) is 0 Å². The monoisotopic (exact) mass is 387 g/mol. The van der Waals surface area contributed by atoms with Gasteiger partial charge in [-0.15, -0.1) is 11.3 Å². The van der Waals surface area contributed by atoms with Crippen molar-refractivity contribution >= 4 is 22.9 Å². The Labute approximate surface area is 164 Å². The van der Waals surface area contributed by atoms with E-state index in [-0.39, 0.29) is 5.91 Å². The Balaban J connectivity index is 1.35. The average Bonchev–Trinajstić information content (AvgIpc) is 3.08. The largest absolute Gasteiger partial charge is 0.328 e. The van der Waals surface area contributed by atoms with Gasteiger partial charge in [0.2, 0.25) is 0 Å². The van der Waals surface area contributed by atoms with Gasteiger partial charge in [-0.05, 0) is 52.0 Å². The Bertz CT molecular complexity index is 805. The Hall–Kier alpha value is -1.70. The molecule has 2 unspecified atom stereocenters. The number of amides is 1. The molecule has 7 heteroatoms. The molecule has 0 spiro atoms.